The molecule has 0 unspecified atom stereocenters. The first-order valence-corrected chi connectivity index (χ1v) is 8.70. The van der Waals surface area contributed by atoms with E-state index in [1.54, 1.807) is 6.07 Å². The molecule has 1 heterocycles. The zero-order valence-electron chi connectivity index (χ0n) is 14.1. The van der Waals surface area contributed by atoms with E-state index in [0.29, 0.717) is 5.75 Å². The van der Waals surface area contributed by atoms with Gasteiger partial charge in [0.15, 0.2) is 0 Å². The summed E-state index contributed by atoms with van der Waals surface area (Å²) in [5.41, 5.74) is 5.37. The van der Waals surface area contributed by atoms with Gasteiger partial charge in [0, 0.05) is 22.0 Å². The third-order valence-electron chi connectivity index (χ3n) is 4.90. The molecule has 0 aliphatic heterocycles. The first-order chi connectivity index (χ1) is 12.8. The molecule has 0 saturated heterocycles. The van der Waals surface area contributed by atoms with E-state index in [0.717, 1.165) is 22.3 Å². The maximum atomic E-state index is 10.2. The Morgan fingerprint density at radius 3 is 2.12 bits per heavy atom. The van der Waals surface area contributed by atoms with Crippen molar-refractivity contribution in [3.63, 3.8) is 0 Å². The molecule has 2 nitrogen and oxygen atoms in total. The van der Waals surface area contributed by atoms with E-state index in [4.69, 9.17) is 0 Å². The Kier molecular flexibility index (Phi) is 3.29. The summed E-state index contributed by atoms with van der Waals surface area (Å²) in [7, 11) is 0. The summed E-state index contributed by atoms with van der Waals surface area (Å²) in [4.78, 5) is 0. The minimum atomic E-state index is 0.304. The van der Waals surface area contributed by atoms with Crippen molar-refractivity contribution < 1.29 is 5.11 Å². The van der Waals surface area contributed by atoms with E-state index in [9.17, 15) is 5.11 Å². The second-order valence-corrected chi connectivity index (χ2v) is 6.44. The molecule has 0 aliphatic carbocycles. The maximum Gasteiger partial charge on any atom is 0.123 e. The molecule has 0 amide bonds. The summed E-state index contributed by atoms with van der Waals surface area (Å²) in [6, 6.07) is 32.7. The van der Waals surface area contributed by atoms with Crippen molar-refractivity contribution in [2.75, 3.05) is 0 Å². The van der Waals surface area contributed by atoms with E-state index in [-0.39, 0.29) is 0 Å². The van der Waals surface area contributed by atoms with Gasteiger partial charge in [-0.15, -0.1) is 0 Å². The average molecular weight is 335 g/mol. The lowest BCUT2D eigenvalue weighted by atomic mass is 10.0. The van der Waals surface area contributed by atoms with Gasteiger partial charge in [0.2, 0.25) is 0 Å². The topological polar surface area (TPSA) is 25.2 Å². The van der Waals surface area contributed by atoms with E-state index >= 15 is 0 Å². The van der Waals surface area contributed by atoms with Crippen LogP contribution in [0.1, 0.15) is 0 Å². The number of fused-ring (bicyclic) bond motifs is 3. The van der Waals surface area contributed by atoms with E-state index in [1.165, 1.54) is 16.3 Å². The summed E-state index contributed by atoms with van der Waals surface area (Å²) >= 11 is 0. The summed E-state index contributed by atoms with van der Waals surface area (Å²) in [6.07, 6.45) is 0. The van der Waals surface area contributed by atoms with Crippen LogP contribution in [-0.2, 0) is 0 Å². The lowest BCUT2D eigenvalue weighted by Gasteiger charge is -2.08. The number of nitrogens with zero attached hydrogens (tertiary/aromatic N) is 1. The quantitative estimate of drug-likeness (QED) is 0.411. The first-order valence-electron chi connectivity index (χ1n) is 8.70. The summed E-state index contributed by atoms with van der Waals surface area (Å²) in [6.45, 7) is 0. The van der Waals surface area contributed by atoms with Gasteiger partial charge in [-0.05, 0) is 42.0 Å². The lowest BCUT2D eigenvalue weighted by Crippen LogP contribution is -1.92. The minimum Gasteiger partial charge on any atom is -0.507 e. The summed E-state index contributed by atoms with van der Waals surface area (Å²) < 4.78 is 2.29. The highest BCUT2D eigenvalue weighted by Crippen LogP contribution is 2.36. The second kappa shape index (κ2) is 5.78. The van der Waals surface area contributed by atoms with Gasteiger partial charge in [-0.2, -0.15) is 0 Å². The lowest BCUT2D eigenvalue weighted by molar-refractivity contribution is 0.477. The van der Waals surface area contributed by atoms with Crippen LogP contribution in [-0.4, -0.2) is 9.67 Å². The zero-order chi connectivity index (χ0) is 17.5. The first kappa shape index (κ1) is 14.8. The van der Waals surface area contributed by atoms with Crippen LogP contribution >= 0.6 is 0 Å². The van der Waals surface area contributed by atoms with E-state index < -0.39 is 0 Å². The molecule has 26 heavy (non-hydrogen) atoms. The molecule has 5 rings (SSSR count). The monoisotopic (exact) mass is 335 g/mol. The molecule has 2 heteroatoms. The Hall–Kier alpha value is -3.52. The van der Waals surface area contributed by atoms with Crippen molar-refractivity contribution in [3.05, 3.63) is 97.1 Å². The molecule has 0 bridgehead atoms. The molecule has 5 aromatic rings. The number of aromatic hydroxyl groups is 1. The minimum absolute atomic E-state index is 0.304. The number of rotatable bonds is 2. The number of hydrogen-bond donors (Lipinski definition) is 1. The highest BCUT2D eigenvalue weighted by molar-refractivity contribution is 6.10. The maximum absolute atomic E-state index is 10.2. The SMILES string of the molecule is Oc1ccccc1-c1ccc2c(c1)c1ccccc1n2-c1ccccc1. The zero-order valence-corrected chi connectivity index (χ0v) is 14.1. The third-order valence-corrected chi connectivity index (χ3v) is 4.90. The smallest absolute Gasteiger partial charge is 0.123 e. The van der Waals surface area contributed by atoms with Gasteiger partial charge in [-0.3, -0.25) is 0 Å². The average Bonchev–Trinajstić information content (AvgIpc) is 3.03. The molecule has 0 spiro atoms. The molecular formula is C24H17NO. The number of hydrogen-bond acceptors (Lipinski definition) is 1. The summed E-state index contributed by atoms with van der Waals surface area (Å²) in [5.74, 6) is 0.304. The molecule has 1 aromatic heterocycles. The van der Waals surface area contributed by atoms with Gasteiger partial charge in [0.05, 0.1) is 11.0 Å². The largest absolute Gasteiger partial charge is 0.507 e. The normalized spacial score (nSPS) is 11.2. The van der Waals surface area contributed by atoms with Crippen LogP contribution in [0.3, 0.4) is 0 Å². The van der Waals surface area contributed by atoms with Gasteiger partial charge in [0.1, 0.15) is 5.75 Å². The number of para-hydroxylation sites is 3. The standard InChI is InChI=1S/C24H17NO/c26-24-13-7-5-10-19(24)17-14-15-23-21(16-17)20-11-4-6-12-22(20)25(23)18-8-2-1-3-9-18/h1-16,26H. The predicted molar refractivity (Wildman–Crippen MR) is 108 cm³/mol. The highest BCUT2D eigenvalue weighted by atomic mass is 16.3. The van der Waals surface area contributed by atoms with E-state index in [1.807, 2.05) is 24.3 Å². The van der Waals surface area contributed by atoms with Crippen molar-refractivity contribution in [1.82, 2.24) is 4.57 Å². The van der Waals surface area contributed by atoms with Crippen LogP contribution in [0, 0.1) is 0 Å². The fraction of sp³-hybridized carbons (Fsp3) is 0. The van der Waals surface area contributed by atoms with Crippen LogP contribution < -0.4 is 0 Å². The van der Waals surface area contributed by atoms with Crippen molar-refractivity contribution in [3.8, 4) is 22.6 Å². The fourth-order valence-electron chi connectivity index (χ4n) is 3.71. The van der Waals surface area contributed by atoms with E-state index in [2.05, 4.69) is 71.3 Å². The van der Waals surface area contributed by atoms with Crippen LogP contribution in [0.4, 0.5) is 0 Å². The van der Waals surface area contributed by atoms with Crippen molar-refractivity contribution >= 4 is 21.8 Å². The van der Waals surface area contributed by atoms with Crippen molar-refractivity contribution in [1.29, 1.82) is 0 Å². The number of phenols is 1. The van der Waals surface area contributed by atoms with Crippen LogP contribution in [0.5, 0.6) is 5.75 Å². The highest BCUT2D eigenvalue weighted by Gasteiger charge is 2.13. The Bertz CT molecular complexity index is 1240. The molecule has 4 aromatic carbocycles. The number of benzene rings is 4. The van der Waals surface area contributed by atoms with Gasteiger partial charge in [0.25, 0.3) is 0 Å². The Labute approximate surface area is 151 Å². The molecule has 0 radical (unpaired) electrons. The number of phenolic OH excluding ortho intramolecular Hbond substituents is 1. The van der Waals surface area contributed by atoms with Crippen LogP contribution in [0.25, 0.3) is 38.6 Å². The van der Waals surface area contributed by atoms with Crippen LogP contribution in [0.2, 0.25) is 0 Å². The molecule has 0 saturated carbocycles. The van der Waals surface area contributed by atoms with Crippen molar-refractivity contribution in [2.45, 2.75) is 0 Å². The number of aromatic nitrogens is 1. The Morgan fingerprint density at radius 2 is 1.27 bits per heavy atom. The molecule has 1 N–H and O–H groups in total. The van der Waals surface area contributed by atoms with Crippen molar-refractivity contribution in [2.24, 2.45) is 0 Å². The summed E-state index contributed by atoms with van der Waals surface area (Å²) in [5, 5.41) is 12.6. The van der Waals surface area contributed by atoms with Gasteiger partial charge in [-0.1, -0.05) is 60.7 Å². The van der Waals surface area contributed by atoms with Crippen LogP contribution in [0.15, 0.2) is 97.1 Å². The predicted octanol–water partition coefficient (Wildman–Crippen LogP) is 6.16. The van der Waals surface area contributed by atoms with Gasteiger partial charge < -0.3 is 9.67 Å². The van der Waals surface area contributed by atoms with Gasteiger partial charge >= 0.3 is 0 Å². The molecule has 0 aliphatic rings. The molecule has 124 valence electrons. The third kappa shape index (κ3) is 2.20. The molecule has 0 fully saturated rings. The Balaban J connectivity index is 1.86. The van der Waals surface area contributed by atoms with Gasteiger partial charge in [-0.25, -0.2) is 0 Å². The molecular weight excluding hydrogens is 318 g/mol. The Morgan fingerprint density at radius 1 is 0.577 bits per heavy atom. The second-order valence-electron chi connectivity index (χ2n) is 6.44. The fourth-order valence-corrected chi connectivity index (χ4v) is 3.71. The molecule has 0 atom stereocenters.